The quantitative estimate of drug-likeness (QED) is 0.838. The van der Waals surface area contributed by atoms with Crippen LogP contribution in [0.3, 0.4) is 0 Å². The van der Waals surface area contributed by atoms with Crippen LogP contribution in [0.25, 0.3) is 5.57 Å². The highest BCUT2D eigenvalue weighted by Crippen LogP contribution is 2.31. The molecule has 0 bridgehead atoms. The fourth-order valence-electron chi connectivity index (χ4n) is 3.10. The number of fused-ring (bicyclic) bond motifs is 1. The molecule has 2 aromatic carbocycles. The summed E-state index contributed by atoms with van der Waals surface area (Å²) in [5, 5.41) is 12.9. The number of ketones is 1. The van der Waals surface area contributed by atoms with Gasteiger partial charge in [-0.25, -0.2) is 0 Å². The van der Waals surface area contributed by atoms with E-state index in [0.29, 0.717) is 12.0 Å². The number of carbonyl (C=O) groups excluding carboxylic acids is 1. The van der Waals surface area contributed by atoms with Gasteiger partial charge in [-0.2, -0.15) is 5.26 Å². The summed E-state index contributed by atoms with van der Waals surface area (Å²) in [6, 6.07) is 17.7. The average Bonchev–Trinajstić information content (AvgIpc) is 2.60. The van der Waals surface area contributed by atoms with Crippen LogP contribution in [0, 0.1) is 24.2 Å². The van der Waals surface area contributed by atoms with Crippen LogP contribution in [0.4, 0.5) is 5.69 Å². The predicted octanol–water partition coefficient (Wildman–Crippen LogP) is 4.61. The van der Waals surface area contributed by atoms with Crippen LogP contribution in [0.5, 0.6) is 0 Å². The van der Waals surface area contributed by atoms with E-state index in [-0.39, 0.29) is 11.8 Å². The molecule has 0 saturated carbocycles. The molecule has 0 aliphatic carbocycles. The highest BCUT2D eigenvalue weighted by atomic mass is 16.1. The number of carbonyl (C=O) groups is 1. The molecule has 2 aromatic rings. The number of allylic oxidation sites excluding steroid dienone is 1. The van der Waals surface area contributed by atoms with E-state index in [0.717, 1.165) is 11.3 Å². The maximum absolute atomic E-state index is 12.6. The zero-order valence-electron chi connectivity index (χ0n) is 13.9. The van der Waals surface area contributed by atoms with Gasteiger partial charge < -0.3 is 5.32 Å². The van der Waals surface area contributed by atoms with Gasteiger partial charge in [0.05, 0.1) is 6.07 Å². The lowest BCUT2D eigenvalue weighted by Crippen LogP contribution is -2.27. The van der Waals surface area contributed by atoms with Gasteiger partial charge in [0.2, 0.25) is 0 Å². The van der Waals surface area contributed by atoms with Crippen LogP contribution < -0.4 is 5.32 Å². The molecular formula is C21H20N2O. The smallest absolute Gasteiger partial charge is 0.180 e. The van der Waals surface area contributed by atoms with Crippen LogP contribution in [-0.2, 0) is 0 Å². The summed E-state index contributed by atoms with van der Waals surface area (Å²) in [4.78, 5) is 12.6. The largest absolute Gasteiger partial charge is 0.378 e. The maximum atomic E-state index is 12.6. The lowest BCUT2D eigenvalue weighted by Gasteiger charge is -2.26. The van der Waals surface area contributed by atoms with Crippen molar-refractivity contribution in [3.63, 3.8) is 0 Å². The second kappa shape index (κ2) is 6.72. The third kappa shape index (κ3) is 3.23. The minimum absolute atomic E-state index is 0.0149. The lowest BCUT2D eigenvalue weighted by atomic mass is 9.89. The van der Waals surface area contributed by atoms with E-state index in [2.05, 4.69) is 30.5 Å². The van der Waals surface area contributed by atoms with Crippen LogP contribution in [0.15, 0.2) is 54.6 Å². The number of nitrogens with zero attached hydrogens (tertiary/aromatic N) is 1. The van der Waals surface area contributed by atoms with Crippen molar-refractivity contribution in [1.82, 2.24) is 0 Å². The Bertz CT molecular complexity index is 828. The summed E-state index contributed by atoms with van der Waals surface area (Å²) in [7, 11) is 0. The van der Waals surface area contributed by atoms with E-state index in [1.54, 1.807) is 12.1 Å². The molecule has 24 heavy (non-hydrogen) atoms. The zero-order valence-corrected chi connectivity index (χ0v) is 13.9. The summed E-state index contributed by atoms with van der Waals surface area (Å²) in [6.45, 7) is 4.04. The number of anilines is 1. The molecule has 3 heteroatoms. The van der Waals surface area contributed by atoms with Crippen molar-refractivity contribution in [2.45, 2.75) is 26.3 Å². The molecule has 3 rings (SSSR count). The second-order valence-electron chi connectivity index (χ2n) is 6.29. The first-order valence-corrected chi connectivity index (χ1v) is 8.13. The maximum Gasteiger partial charge on any atom is 0.180 e. The van der Waals surface area contributed by atoms with Gasteiger partial charge in [0.15, 0.2) is 5.78 Å². The monoisotopic (exact) mass is 316 g/mol. The molecule has 0 spiro atoms. The van der Waals surface area contributed by atoms with Gasteiger partial charge in [-0.05, 0) is 31.9 Å². The Kier molecular flexibility index (Phi) is 4.48. The Labute approximate surface area is 142 Å². The number of para-hydroxylation sites is 1. The third-order valence-corrected chi connectivity index (χ3v) is 4.44. The lowest BCUT2D eigenvalue weighted by molar-refractivity contribution is 0.0943. The summed E-state index contributed by atoms with van der Waals surface area (Å²) in [6.07, 6.45) is 2.57. The molecular weight excluding hydrogens is 296 g/mol. The minimum atomic E-state index is -0.653. The number of aryl methyl sites for hydroxylation is 1. The van der Waals surface area contributed by atoms with Crippen molar-refractivity contribution in [3.05, 3.63) is 71.3 Å². The van der Waals surface area contributed by atoms with E-state index >= 15 is 0 Å². The molecule has 0 fully saturated rings. The van der Waals surface area contributed by atoms with E-state index in [4.69, 9.17) is 0 Å². The van der Waals surface area contributed by atoms with E-state index < -0.39 is 5.92 Å². The average molecular weight is 316 g/mol. The molecule has 3 nitrogen and oxygen atoms in total. The van der Waals surface area contributed by atoms with Crippen molar-refractivity contribution >= 4 is 17.0 Å². The molecule has 1 heterocycles. The summed E-state index contributed by atoms with van der Waals surface area (Å²) >= 11 is 0. The molecule has 0 saturated heterocycles. The Morgan fingerprint density at radius 3 is 2.58 bits per heavy atom. The summed E-state index contributed by atoms with van der Waals surface area (Å²) in [5.74, 6) is -0.760. The van der Waals surface area contributed by atoms with Crippen molar-refractivity contribution in [1.29, 1.82) is 5.26 Å². The van der Waals surface area contributed by atoms with Gasteiger partial charge in [0, 0.05) is 22.9 Å². The van der Waals surface area contributed by atoms with Gasteiger partial charge >= 0.3 is 0 Å². The Morgan fingerprint density at radius 2 is 1.88 bits per heavy atom. The summed E-state index contributed by atoms with van der Waals surface area (Å²) < 4.78 is 0. The number of benzene rings is 2. The third-order valence-electron chi connectivity index (χ3n) is 4.44. The minimum Gasteiger partial charge on any atom is -0.378 e. The first-order valence-electron chi connectivity index (χ1n) is 8.13. The molecule has 1 N–H and O–H groups in total. The molecule has 0 radical (unpaired) electrons. The predicted molar refractivity (Wildman–Crippen MR) is 96.7 cm³/mol. The topological polar surface area (TPSA) is 52.9 Å². The molecule has 1 aliphatic rings. The second-order valence-corrected chi connectivity index (χ2v) is 6.29. The van der Waals surface area contributed by atoms with Crippen LogP contribution in [-0.4, -0.2) is 11.8 Å². The Balaban J connectivity index is 1.77. The standard InChI is InChI=1S/C21H20N2O/c1-14-7-9-16(10-8-14)21(24)17(13-22)12-18-11-15(2)19-5-3-4-6-20(19)23-18/h3-11,17-18,23H,12H2,1-2H3/t17-,18-/m0/s1. The van der Waals surface area contributed by atoms with Crippen molar-refractivity contribution in [3.8, 4) is 6.07 Å². The van der Waals surface area contributed by atoms with Crippen LogP contribution in [0.1, 0.15) is 34.8 Å². The van der Waals surface area contributed by atoms with Crippen molar-refractivity contribution < 1.29 is 4.79 Å². The Morgan fingerprint density at radius 1 is 1.17 bits per heavy atom. The first-order chi connectivity index (χ1) is 11.6. The zero-order chi connectivity index (χ0) is 17.1. The number of nitriles is 1. The van der Waals surface area contributed by atoms with Gasteiger partial charge in [0.1, 0.15) is 5.92 Å². The number of hydrogen-bond donors (Lipinski definition) is 1. The fraction of sp³-hybridized carbons (Fsp3) is 0.238. The van der Waals surface area contributed by atoms with Gasteiger partial charge in [-0.15, -0.1) is 0 Å². The first kappa shape index (κ1) is 16.0. The number of hydrogen-bond acceptors (Lipinski definition) is 3. The van der Waals surface area contributed by atoms with Gasteiger partial charge in [0.25, 0.3) is 0 Å². The summed E-state index contributed by atoms with van der Waals surface area (Å²) in [5.41, 5.74) is 5.11. The SMILES string of the molecule is CC1=C[C@@H](C[C@@H](C#N)C(=O)c2ccc(C)cc2)Nc2ccccc21. The van der Waals surface area contributed by atoms with E-state index in [9.17, 15) is 10.1 Å². The molecule has 2 atom stereocenters. The molecule has 120 valence electrons. The number of rotatable bonds is 4. The normalized spacial score (nSPS) is 17.0. The Hall–Kier alpha value is -2.86. The highest BCUT2D eigenvalue weighted by Gasteiger charge is 2.25. The molecule has 1 aliphatic heterocycles. The highest BCUT2D eigenvalue weighted by molar-refractivity contribution is 5.99. The van der Waals surface area contributed by atoms with Gasteiger partial charge in [-0.3, -0.25) is 4.79 Å². The van der Waals surface area contributed by atoms with Crippen LogP contribution >= 0.6 is 0 Å². The molecule has 0 amide bonds. The molecule has 0 aromatic heterocycles. The van der Waals surface area contributed by atoms with Gasteiger partial charge in [-0.1, -0.05) is 54.1 Å². The van der Waals surface area contributed by atoms with Crippen molar-refractivity contribution in [2.24, 2.45) is 5.92 Å². The van der Waals surface area contributed by atoms with Crippen molar-refractivity contribution in [2.75, 3.05) is 5.32 Å². The number of nitrogens with one attached hydrogen (secondary N) is 1. The van der Waals surface area contributed by atoms with E-state index in [1.807, 2.05) is 37.3 Å². The van der Waals surface area contributed by atoms with Crippen LogP contribution in [0.2, 0.25) is 0 Å². The molecule has 0 unspecified atom stereocenters. The van der Waals surface area contributed by atoms with E-state index in [1.165, 1.54) is 11.1 Å². The fourth-order valence-corrected chi connectivity index (χ4v) is 3.10. The number of Topliss-reactive ketones (excluding diaryl/α,β-unsaturated/α-hetero) is 1.